The fourth-order valence-corrected chi connectivity index (χ4v) is 2.66. The molecule has 5 nitrogen and oxygen atoms in total. The molecule has 0 bridgehead atoms. The van der Waals surface area contributed by atoms with Gasteiger partial charge >= 0.3 is 6.03 Å². The number of likely N-dealkylation sites (N-methyl/N-ethyl adjacent to an activating group) is 1. The zero-order valence-corrected chi connectivity index (χ0v) is 11.1. The molecule has 88 valence electrons. The van der Waals surface area contributed by atoms with E-state index in [9.17, 15) is 14.4 Å². The summed E-state index contributed by atoms with van der Waals surface area (Å²) in [5.74, 6) is -1.26. The molecule has 1 fully saturated rings. The first-order valence-corrected chi connectivity index (χ1v) is 6.20. The largest absolute Gasteiger partial charge is 0.331 e. The van der Waals surface area contributed by atoms with Crippen molar-refractivity contribution in [1.29, 1.82) is 0 Å². The van der Waals surface area contributed by atoms with Crippen molar-refractivity contribution in [3.8, 4) is 0 Å². The minimum absolute atomic E-state index is 0.0403. The molecule has 17 heavy (non-hydrogen) atoms. The van der Waals surface area contributed by atoms with Crippen molar-refractivity contribution in [2.24, 2.45) is 0 Å². The van der Waals surface area contributed by atoms with Gasteiger partial charge in [0.2, 0.25) is 0 Å². The minimum atomic E-state index is -0.704. The van der Waals surface area contributed by atoms with Gasteiger partial charge < -0.3 is 0 Å². The first-order valence-electron chi connectivity index (χ1n) is 4.59. The van der Waals surface area contributed by atoms with Gasteiger partial charge in [-0.25, -0.2) is 4.79 Å². The van der Waals surface area contributed by atoms with Gasteiger partial charge in [0.15, 0.2) is 0 Å². The molecule has 0 saturated carbocycles. The third-order valence-corrected chi connectivity index (χ3v) is 3.76. The maximum absolute atomic E-state index is 11.7. The maximum Gasteiger partial charge on any atom is 0.331 e. The van der Waals surface area contributed by atoms with Crippen molar-refractivity contribution < 1.29 is 14.4 Å². The molecular weight excluding hydrogens is 308 g/mol. The number of carbonyl (C=O) groups excluding carboxylic acids is 3. The average Bonchev–Trinajstić information content (AvgIpc) is 2.67. The van der Waals surface area contributed by atoms with Crippen LogP contribution in [0.3, 0.4) is 0 Å². The van der Waals surface area contributed by atoms with Crippen molar-refractivity contribution in [2.75, 3.05) is 7.05 Å². The van der Waals surface area contributed by atoms with Crippen molar-refractivity contribution in [3.05, 3.63) is 26.4 Å². The van der Waals surface area contributed by atoms with Gasteiger partial charge in [-0.05, 0) is 34.1 Å². The average molecular weight is 315 g/mol. The molecule has 1 aromatic rings. The summed E-state index contributed by atoms with van der Waals surface area (Å²) in [6.45, 7) is 0. The third-order valence-electron chi connectivity index (χ3n) is 2.19. The second-order valence-corrected chi connectivity index (χ2v) is 5.82. The predicted octanol–water partition coefficient (Wildman–Crippen LogP) is 1.60. The van der Waals surface area contributed by atoms with E-state index < -0.39 is 17.8 Å². The maximum atomic E-state index is 11.7. The van der Waals surface area contributed by atoms with Crippen LogP contribution in [0.5, 0.6) is 0 Å². The lowest BCUT2D eigenvalue weighted by Gasteiger charge is -2.22. The van der Waals surface area contributed by atoms with Gasteiger partial charge in [0.05, 0.1) is 3.79 Å². The highest BCUT2D eigenvalue weighted by Crippen LogP contribution is 2.25. The number of barbiturate groups is 1. The molecule has 0 unspecified atom stereocenters. The van der Waals surface area contributed by atoms with Crippen molar-refractivity contribution in [1.82, 2.24) is 10.2 Å². The summed E-state index contributed by atoms with van der Waals surface area (Å²) in [6, 6.07) is 2.89. The lowest BCUT2D eigenvalue weighted by atomic mass is 10.1. The highest BCUT2D eigenvalue weighted by atomic mass is 79.9. The molecule has 1 saturated heterocycles. The first-order chi connectivity index (χ1) is 7.99. The monoisotopic (exact) mass is 314 g/mol. The first kappa shape index (κ1) is 12.0. The van der Waals surface area contributed by atoms with Crippen molar-refractivity contribution in [3.63, 3.8) is 0 Å². The van der Waals surface area contributed by atoms with Crippen LogP contribution >= 0.6 is 27.3 Å². The molecule has 1 N–H and O–H groups in total. The Morgan fingerprint density at radius 3 is 2.65 bits per heavy atom. The molecule has 7 heteroatoms. The molecule has 0 radical (unpaired) electrons. The SMILES string of the molecule is CN1C(=O)NC(=O)C(=Cc2ccc(Br)s2)C1=O. The summed E-state index contributed by atoms with van der Waals surface area (Å²) in [6.07, 6.45) is 1.47. The lowest BCUT2D eigenvalue weighted by Crippen LogP contribution is -2.52. The van der Waals surface area contributed by atoms with E-state index in [1.165, 1.54) is 24.5 Å². The van der Waals surface area contributed by atoms with Crippen LogP contribution in [0, 0.1) is 0 Å². The number of urea groups is 1. The predicted molar refractivity (Wildman–Crippen MR) is 66.3 cm³/mol. The van der Waals surface area contributed by atoms with Crippen LogP contribution in [0.2, 0.25) is 0 Å². The quantitative estimate of drug-likeness (QED) is 0.632. The molecular formula is C10H7BrN2O3S. The molecule has 1 aliphatic rings. The van der Waals surface area contributed by atoms with Crippen molar-refractivity contribution in [2.45, 2.75) is 0 Å². The van der Waals surface area contributed by atoms with Gasteiger partial charge in [-0.1, -0.05) is 0 Å². The minimum Gasteiger partial charge on any atom is -0.273 e. The van der Waals surface area contributed by atoms with E-state index in [0.29, 0.717) is 0 Å². The van der Waals surface area contributed by atoms with E-state index in [0.717, 1.165) is 13.6 Å². The van der Waals surface area contributed by atoms with Gasteiger partial charge in [-0.3, -0.25) is 19.8 Å². The van der Waals surface area contributed by atoms with Gasteiger partial charge in [0.25, 0.3) is 11.8 Å². The van der Waals surface area contributed by atoms with Gasteiger partial charge in [0.1, 0.15) is 5.57 Å². The number of hydrogen-bond donors (Lipinski definition) is 1. The Morgan fingerprint density at radius 1 is 1.35 bits per heavy atom. The number of amides is 4. The summed E-state index contributed by atoms with van der Waals surface area (Å²) < 4.78 is 0.900. The highest BCUT2D eigenvalue weighted by molar-refractivity contribution is 9.11. The molecule has 0 atom stereocenters. The van der Waals surface area contributed by atoms with Crippen LogP contribution in [-0.4, -0.2) is 29.8 Å². The van der Waals surface area contributed by atoms with Gasteiger partial charge in [0, 0.05) is 11.9 Å². The molecule has 4 amide bonds. The highest BCUT2D eigenvalue weighted by Gasteiger charge is 2.33. The molecule has 0 aliphatic carbocycles. The standard InChI is InChI=1S/C10H7BrN2O3S/c1-13-9(15)6(8(14)12-10(13)16)4-5-2-3-7(11)17-5/h2-4H,1H3,(H,12,14,16). The Labute approximate surface area is 109 Å². The Hall–Kier alpha value is -1.47. The molecule has 2 rings (SSSR count). The number of hydrogen-bond acceptors (Lipinski definition) is 4. The van der Waals surface area contributed by atoms with Crippen LogP contribution in [0.4, 0.5) is 4.79 Å². The Balaban J connectivity index is 2.37. The Kier molecular flexibility index (Phi) is 3.12. The zero-order chi connectivity index (χ0) is 12.6. The van der Waals surface area contributed by atoms with E-state index in [-0.39, 0.29) is 5.57 Å². The van der Waals surface area contributed by atoms with E-state index in [2.05, 4.69) is 21.2 Å². The van der Waals surface area contributed by atoms with Crippen molar-refractivity contribution >= 4 is 51.2 Å². The van der Waals surface area contributed by atoms with E-state index in [1.807, 2.05) is 6.07 Å². The summed E-state index contributed by atoms with van der Waals surface area (Å²) in [7, 11) is 1.32. The van der Waals surface area contributed by atoms with E-state index >= 15 is 0 Å². The molecule has 1 aliphatic heterocycles. The Morgan fingerprint density at radius 2 is 2.06 bits per heavy atom. The number of nitrogens with zero attached hydrogens (tertiary/aromatic N) is 1. The zero-order valence-electron chi connectivity index (χ0n) is 8.69. The topological polar surface area (TPSA) is 66.5 Å². The molecule has 2 heterocycles. The normalized spacial score (nSPS) is 18.8. The number of nitrogens with one attached hydrogen (secondary N) is 1. The van der Waals surface area contributed by atoms with E-state index in [1.54, 1.807) is 6.07 Å². The second kappa shape index (κ2) is 4.42. The Bertz CT molecular complexity index is 550. The fraction of sp³-hybridized carbons (Fsp3) is 0.100. The number of halogens is 1. The number of imide groups is 2. The van der Waals surface area contributed by atoms with Crippen LogP contribution < -0.4 is 5.32 Å². The molecule has 0 aromatic carbocycles. The smallest absolute Gasteiger partial charge is 0.273 e. The number of rotatable bonds is 1. The van der Waals surface area contributed by atoms with E-state index in [4.69, 9.17) is 0 Å². The second-order valence-electron chi connectivity index (χ2n) is 3.32. The summed E-state index contributed by atoms with van der Waals surface area (Å²) in [4.78, 5) is 36.0. The van der Waals surface area contributed by atoms with Crippen LogP contribution in [0.15, 0.2) is 21.5 Å². The summed E-state index contributed by atoms with van der Waals surface area (Å²) in [5.41, 5.74) is -0.0403. The summed E-state index contributed by atoms with van der Waals surface area (Å²) >= 11 is 4.68. The van der Waals surface area contributed by atoms with Gasteiger partial charge in [-0.15, -0.1) is 11.3 Å². The van der Waals surface area contributed by atoms with Crippen LogP contribution in [-0.2, 0) is 9.59 Å². The summed E-state index contributed by atoms with van der Waals surface area (Å²) in [5, 5.41) is 2.09. The third kappa shape index (κ3) is 2.29. The lowest BCUT2D eigenvalue weighted by molar-refractivity contribution is -0.129. The fourth-order valence-electron chi connectivity index (χ4n) is 1.29. The van der Waals surface area contributed by atoms with Crippen LogP contribution in [0.25, 0.3) is 6.08 Å². The molecule has 0 spiro atoms. The molecule has 1 aromatic heterocycles. The van der Waals surface area contributed by atoms with Gasteiger partial charge in [-0.2, -0.15) is 0 Å². The van der Waals surface area contributed by atoms with Crippen LogP contribution in [0.1, 0.15) is 4.88 Å². The number of thiophene rings is 1. The number of carbonyl (C=O) groups is 3.